The highest BCUT2D eigenvalue weighted by atomic mass is 16.6. The maximum Gasteiger partial charge on any atom is 0.332 e. The van der Waals surface area contributed by atoms with Crippen molar-refractivity contribution in [2.45, 2.75) is 132 Å². The molecule has 0 amide bonds. The molecule has 6 fully saturated rings. The van der Waals surface area contributed by atoms with Crippen LogP contribution in [0.5, 0.6) is 0 Å². The van der Waals surface area contributed by atoms with Gasteiger partial charge in [-0.3, -0.25) is 0 Å². The maximum absolute atomic E-state index is 13.8. The van der Waals surface area contributed by atoms with E-state index in [2.05, 4.69) is 25.2 Å². The van der Waals surface area contributed by atoms with Crippen LogP contribution in [0.25, 0.3) is 0 Å². The molecule has 1 aliphatic heterocycles. The third-order valence-electron chi connectivity index (χ3n) is 16.3. The van der Waals surface area contributed by atoms with E-state index in [-0.39, 0.29) is 30.1 Å². The fourth-order valence-electron chi connectivity index (χ4n) is 14.3. The van der Waals surface area contributed by atoms with Crippen molar-refractivity contribution in [2.75, 3.05) is 26.8 Å². The molecule has 0 aromatic heterocycles. The Morgan fingerprint density at radius 2 is 1.86 bits per heavy atom. The monoisotopic (exact) mass is 681 g/mol. The number of fused-ring (bicyclic) bond motifs is 3. The van der Waals surface area contributed by atoms with E-state index in [1.807, 2.05) is 0 Å². The Kier molecular flexibility index (Phi) is 8.22. The molecule has 9 heteroatoms. The summed E-state index contributed by atoms with van der Waals surface area (Å²) < 4.78 is 11.6. The molecule has 0 aromatic carbocycles. The normalized spacial score (nSPS) is 51.2. The highest BCUT2D eigenvalue weighted by molar-refractivity contribution is 5.88. The first-order chi connectivity index (χ1) is 23.4. The van der Waals surface area contributed by atoms with Gasteiger partial charge in [0.25, 0.3) is 0 Å². The van der Waals surface area contributed by atoms with E-state index in [1.165, 1.54) is 0 Å². The number of esters is 1. The number of ether oxygens (including phenoxy) is 2. The second-order valence-corrected chi connectivity index (χ2v) is 18.1. The number of carbonyl (C=O) groups is 2. The fraction of sp³-hybridized carbons (Fsp3) is 0.850. The molecule has 13 unspecified atom stereocenters. The molecule has 0 radical (unpaired) electrons. The lowest BCUT2D eigenvalue weighted by Gasteiger charge is -2.72. The highest BCUT2D eigenvalue weighted by Gasteiger charge is 2.83. The van der Waals surface area contributed by atoms with E-state index in [0.717, 1.165) is 56.1 Å². The van der Waals surface area contributed by atoms with Gasteiger partial charge in [0.1, 0.15) is 11.9 Å². The average molecular weight is 682 g/mol. The van der Waals surface area contributed by atoms with Crippen LogP contribution >= 0.6 is 0 Å². The van der Waals surface area contributed by atoms with Crippen molar-refractivity contribution in [2.24, 2.45) is 52.3 Å². The smallest absolute Gasteiger partial charge is 0.332 e. The molecule has 0 aromatic rings. The molecule has 6 saturated carbocycles. The Labute approximate surface area is 291 Å². The van der Waals surface area contributed by atoms with Gasteiger partial charge in [-0.25, -0.2) is 4.79 Å². The SMILES string of the molecule is COCCCNCC1=CC2CC3(O)C4(O)CC5CC(C(C)C)CCC6C(O)CCC(C=O)(C4CCC34CCCCC13OC(=O)C=C3C24)C56O. The molecule has 13 atom stereocenters. The number of methoxy groups -OCH3 is 1. The zero-order valence-electron chi connectivity index (χ0n) is 29.8. The van der Waals surface area contributed by atoms with E-state index in [4.69, 9.17) is 9.47 Å². The van der Waals surface area contributed by atoms with E-state index >= 15 is 0 Å². The molecule has 7 aliphatic carbocycles. The first-order valence-corrected chi connectivity index (χ1v) is 19.5. The highest BCUT2D eigenvalue weighted by Crippen LogP contribution is 2.78. The van der Waals surface area contributed by atoms with Crippen LogP contribution in [0.15, 0.2) is 23.3 Å². The molecule has 1 spiro atoms. The van der Waals surface area contributed by atoms with Gasteiger partial charge in [0.05, 0.1) is 22.7 Å². The molecule has 2 bridgehead atoms. The van der Waals surface area contributed by atoms with Crippen molar-refractivity contribution >= 4 is 12.3 Å². The number of hydrogen-bond donors (Lipinski definition) is 5. The predicted octanol–water partition coefficient (Wildman–Crippen LogP) is 4.01. The Bertz CT molecular complexity index is 1430. The minimum atomic E-state index is -1.61. The van der Waals surface area contributed by atoms with Gasteiger partial charge in [0.15, 0.2) is 5.60 Å². The fourth-order valence-corrected chi connectivity index (χ4v) is 14.3. The van der Waals surface area contributed by atoms with Crippen LogP contribution in [0.1, 0.15) is 104 Å². The molecular formula is C40H59NO8. The molecule has 8 aliphatic rings. The number of rotatable bonds is 8. The summed E-state index contributed by atoms with van der Waals surface area (Å²) in [6.07, 6.45) is 12.8. The second kappa shape index (κ2) is 11.7. The van der Waals surface area contributed by atoms with Gasteiger partial charge < -0.3 is 40.0 Å². The third-order valence-corrected chi connectivity index (χ3v) is 16.3. The first kappa shape index (κ1) is 34.5. The number of carbonyl (C=O) groups excluding carboxylic acids is 2. The van der Waals surface area contributed by atoms with E-state index in [1.54, 1.807) is 13.2 Å². The van der Waals surface area contributed by atoms with Crippen molar-refractivity contribution in [3.05, 3.63) is 23.3 Å². The number of nitrogens with one attached hydrogen (secondary N) is 1. The molecular weight excluding hydrogens is 622 g/mol. The summed E-state index contributed by atoms with van der Waals surface area (Å²) in [6.45, 7) is 6.40. The Morgan fingerprint density at radius 1 is 1.06 bits per heavy atom. The molecule has 1 heterocycles. The summed E-state index contributed by atoms with van der Waals surface area (Å²) >= 11 is 0. The first-order valence-electron chi connectivity index (χ1n) is 19.5. The number of aliphatic hydroxyl groups excluding tert-OH is 1. The Morgan fingerprint density at radius 3 is 2.61 bits per heavy atom. The van der Waals surface area contributed by atoms with E-state index in [0.29, 0.717) is 70.4 Å². The van der Waals surface area contributed by atoms with Gasteiger partial charge in [-0.2, -0.15) is 0 Å². The number of hydrogen-bond acceptors (Lipinski definition) is 9. The minimum Gasteiger partial charge on any atom is -0.447 e. The molecule has 0 saturated heterocycles. The quantitative estimate of drug-likeness (QED) is 0.111. The number of allylic oxidation sites excluding steroid dienone is 1. The van der Waals surface area contributed by atoms with Crippen LogP contribution in [-0.2, 0) is 19.1 Å². The Balaban J connectivity index is 1.26. The second-order valence-electron chi connectivity index (χ2n) is 18.1. The lowest BCUT2D eigenvalue weighted by molar-refractivity contribution is -0.344. The summed E-state index contributed by atoms with van der Waals surface area (Å²) in [4.78, 5) is 27.0. The molecule has 49 heavy (non-hydrogen) atoms. The lowest BCUT2D eigenvalue weighted by Crippen LogP contribution is -2.80. The van der Waals surface area contributed by atoms with Crippen molar-refractivity contribution in [1.29, 1.82) is 0 Å². The molecule has 272 valence electrons. The van der Waals surface area contributed by atoms with Gasteiger partial charge >= 0.3 is 5.97 Å². The van der Waals surface area contributed by atoms with Gasteiger partial charge in [0.2, 0.25) is 0 Å². The summed E-state index contributed by atoms with van der Waals surface area (Å²) in [6, 6.07) is 0. The third kappa shape index (κ3) is 4.26. The number of aliphatic hydroxyl groups is 4. The summed E-state index contributed by atoms with van der Waals surface area (Å²) in [5.74, 6) is -1.43. The van der Waals surface area contributed by atoms with Crippen molar-refractivity contribution in [3.8, 4) is 0 Å². The van der Waals surface area contributed by atoms with Gasteiger partial charge in [-0.1, -0.05) is 26.3 Å². The molecule has 8 rings (SSSR count). The van der Waals surface area contributed by atoms with Crippen LogP contribution < -0.4 is 5.32 Å². The van der Waals surface area contributed by atoms with Gasteiger partial charge in [-0.15, -0.1) is 0 Å². The van der Waals surface area contributed by atoms with Gasteiger partial charge in [0, 0.05) is 43.6 Å². The molecule has 5 N–H and O–H groups in total. The van der Waals surface area contributed by atoms with Gasteiger partial charge in [-0.05, 0) is 131 Å². The minimum absolute atomic E-state index is 0.0954. The standard InChI is InChI=1S/C40H59NO8/c1-24(2)25-7-8-29-31(43)9-13-36(23-42)32-10-14-35-11-4-5-12-37-28(22-41-15-6-16-48-3)18-26(34(35)30(37)19-33(44)49-37)20-39(35,46)38(32,45)21-27(17-25)40(29,36)47/h18-19,23-27,29,31-32,34,41,43,45-47H,4-17,20-22H2,1-3H3. The van der Waals surface area contributed by atoms with Crippen molar-refractivity contribution in [1.82, 2.24) is 5.32 Å². The number of aldehydes is 1. The summed E-state index contributed by atoms with van der Waals surface area (Å²) in [7, 11) is 1.70. The zero-order valence-corrected chi connectivity index (χ0v) is 29.8. The topological polar surface area (TPSA) is 146 Å². The average Bonchev–Trinajstić information content (AvgIpc) is 3.45. The van der Waals surface area contributed by atoms with Crippen molar-refractivity contribution in [3.63, 3.8) is 0 Å². The largest absolute Gasteiger partial charge is 0.447 e. The van der Waals surface area contributed by atoms with Crippen LogP contribution in [0.4, 0.5) is 0 Å². The summed E-state index contributed by atoms with van der Waals surface area (Å²) in [5, 5.41) is 55.4. The van der Waals surface area contributed by atoms with E-state index in [9.17, 15) is 30.0 Å². The Hall–Kier alpha value is -1.62. The van der Waals surface area contributed by atoms with Crippen LogP contribution in [-0.4, -0.2) is 88.0 Å². The van der Waals surface area contributed by atoms with Crippen LogP contribution in [0.3, 0.4) is 0 Å². The maximum atomic E-state index is 13.8. The van der Waals surface area contributed by atoms with Crippen LogP contribution in [0.2, 0.25) is 0 Å². The van der Waals surface area contributed by atoms with Crippen molar-refractivity contribution < 1.29 is 39.5 Å². The predicted molar refractivity (Wildman–Crippen MR) is 182 cm³/mol. The van der Waals surface area contributed by atoms with E-state index < -0.39 is 57.1 Å². The zero-order chi connectivity index (χ0) is 34.6. The lowest BCUT2D eigenvalue weighted by atomic mass is 9.35. The molecule has 9 nitrogen and oxygen atoms in total. The summed E-state index contributed by atoms with van der Waals surface area (Å²) in [5.41, 5.74) is -5.35. The van der Waals surface area contributed by atoms with Crippen LogP contribution in [0, 0.1) is 52.3 Å².